The van der Waals surface area contributed by atoms with Gasteiger partial charge in [0.2, 0.25) is 17.6 Å². The van der Waals surface area contributed by atoms with Gasteiger partial charge in [0.1, 0.15) is 11.9 Å². The summed E-state index contributed by atoms with van der Waals surface area (Å²) >= 11 is 0. The van der Waals surface area contributed by atoms with Crippen LogP contribution in [0.3, 0.4) is 0 Å². The molecule has 0 aliphatic rings. The molecule has 1 atom stereocenters. The Labute approximate surface area is 230 Å². The summed E-state index contributed by atoms with van der Waals surface area (Å²) in [4.78, 5) is 59.5. The monoisotopic (exact) mass is 544 g/mol. The molecule has 0 aliphatic heterocycles. The summed E-state index contributed by atoms with van der Waals surface area (Å²) < 4.78 is 12.9. The lowest BCUT2D eigenvalue weighted by Crippen LogP contribution is -2.49. The van der Waals surface area contributed by atoms with Gasteiger partial charge in [0.25, 0.3) is 11.8 Å². The Morgan fingerprint density at radius 2 is 1.31 bits per heavy atom. The van der Waals surface area contributed by atoms with Crippen LogP contribution in [0.1, 0.15) is 63.9 Å². The van der Waals surface area contributed by atoms with E-state index in [9.17, 15) is 28.4 Å². The molecule has 4 amide bonds. The minimum absolute atomic E-state index is 0.0277. The number of halogens is 1. The smallest absolute Gasteiger partial charge is 0.289 e. The van der Waals surface area contributed by atoms with E-state index in [1.807, 2.05) is 0 Å². The molecular weight excluding hydrogens is 503 g/mol. The lowest BCUT2D eigenvalue weighted by molar-refractivity contribution is -0.138. The van der Waals surface area contributed by atoms with E-state index in [1.165, 1.54) is 37.6 Å². The van der Waals surface area contributed by atoms with Crippen LogP contribution in [0.4, 0.5) is 4.39 Å². The standard InChI is InChI=1S/C22H23FN4O5.C4H10.C3H8/c1-14(27-19(29)13-26-21(31)16-5-3-2-4-6-16)20(30)25-12-18(28)22(32)24-11-15-7-9-17(23)10-8-15;1-4(2)3;1-3-2/h2-10,14H,11-13H2,1H3,(H,24,32)(H,25,30)(H,26,31)(H,27,29);4H,1-3H3;3H2,1-2H3. The van der Waals surface area contributed by atoms with Gasteiger partial charge in [-0.2, -0.15) is 0 Å². The van der Waals surface area contributed by atoms with Crippen LogP contribution < -0.4 is 21.3 Å². The number of amides is 4. The second kappa shape index (κ2) is 20.0. The molecular formula is C29H41FN4O5. The zero-order valence-corrected chi connectivity index (χ0v) is 23.6. The highest BCUT2D eigenvalue weighted by molar-refractivity contribution is 6.37. The first-order valence-corrected chi connectivity index (χ1v) is 12.9. The quantitative estimate of drug-likeness (QED) is 0.341. The first-order valence-electron chi connectivity index (χ1n) is 12.9. The van der Waals surface area contributed by atoms with E-state index in [2.05, 4.69) is 55.9 Å². The lowest BCUT2D eigenvalue weighted by atomic mass is 10.2. The molecule has 9 nitrogen and oxygen atoms in total. The first kappa shape index (κ1) is 34.9. The Kier molecular flexibility index (Phi) is 17.9. The number of carbonyl (C=O) groups is 5. The maximum absolute atomic E-state index is 12.9. The Balaban J connectivity index is 0.00000185. The molecule has 0 aliphatic carbocycles. The minimum Gasteiger partial charge on any atom is -0.347 e. The van der Waals surface area contributed by atoms with Crippen molar-refractivity contribution < 1.29 is 28.4 Å². The Hall–Kier alpha value is -4.08. The van der Waals surface area contributed by atoms with Crippen molar-refractivity contribution in [3.8, 4) is 0 Å². The van der Waals surface area contributed by atoms with E-state index in [1.54, 1.807) is 30.3 Å². The van der Waals surface area contributed by atoms with Gasteiger partial charge in [-0.3, -0.25) is 24.0 Å². The third-order valence-corrected chi connectivity index (χ3v) is 4.26. The molecule has 0 spiro atoms. The van der Waals surface area contributed by atoms with Crippen molar-refractivity contribution >= 4 is 29.4 Å². The molecule has 214 valence electrons. The molecule has 0 heterocycles. The highest BCUT2D eigenvalue weighted by Gasteiger charge is 2.19. The van der Waals surface area contributed by atoms with Crippen molar-refractivity contribution in [3.63, 3.8) is 0 Å². The Morgan fingerprint density at radius 1 is 0.769 bits per heavy atom. The largest absolute Gasteiger partial charge is 0.347 e. The molecule has 0 bridgehead atoms. The number of ketones is 1. The van der Waals surface area contributed by atoms with Crippen LogP contribution >= 0.6 is 0 Å². The van der Waals surface area contributed by atoms with E-state index in [4.69, 9.17) is 0 Å². The van der Waals surface area contributed by atoms with Crippen molar-refractivity contribution in [1.82, 2.24) is 21.3 Å². The molecule has 0 aromatic heterocycles. The van der Waals surface area contributed by atoms with Gasteiger partial charge in [-0.25, -0.2) is 4.39 Å². The summed E-state index contributed by atoms with van der Waals surface area (Å²) in [7, 11) is 0. The third kappa shape index (κ3) is 17.1. The third-order valence-electron chi connectivity index (χ3n) is 4.26. The molecule has 1 unspecified atom stereocenters. The second-order valence-electron chi connectivity index (χ2n) is 9.23. The molecule has 2 aromatic carbocycles. The number of hydrogen-bond acceptors (Lipinski definition) is 5. The molecule has 0 radical (unpaired) electrons. The van der Waals surface area contributed by atoms with E-state index >= 15 is 0 Å². The van der Waals surface area contributed by atoms with E-state index in [0.29, 0.717) is 11.1 Å². The van der Waals surface area contributed by atoms with Gasteiger partial charge in [0.05, 0.1) is 13.1 Å². The average Bonchev–Trinajstić information content (AvgIpc) is 2.90. The van der Waals surface area contributed by atoms with Crippen LogP contribution in [0.2, 0.25) is 0 Å². The van der Waals surface area contributed by atoms with Gasteiger partial charge in [0, 0.05) is 12.1 Å². The van der Waals surface area contributed by atoms with Crippen molar-refractivity contribution in [2.45, 2.75) is 60.5 Å². The molecule has 10 heteroatoms. The molecule has 2 aromatic rings. The fourth-order valence-corrected chi connectivity index (χ4v) is 2.49. The fraction of sp³-hybridized carbons (Fsp3) is 0.414. The van der Waals surface area contributed by atoms with Gasteiger partial charge < -0.3 is 21.3 Å². The number of benzene rings is 2. The zero-order chi connectivity index (χ0) is 29.8. The number of carbonyl (C=O) groups excluding carboxylic acids is 5. The molecule has 0 saturated carbocycles. The Morgan fingerprint density at radius 3 is 1.85 bits per heavy atom. The van der Waals surface area contributed by atoms with Crippen LogP contribution in [0.15, 0.2) is 54.6 Å². The lowest BCUT2D eigenvalue weighted by Gasteiger charge is -2.14. The summed E-state index contributed by atoms with van der Waals surface area (Å²) in [5, 5.41) is 9.45. The number of Topliss-reactive ketones (excluding diaryl/α,β-unsaturated/α-hetero) is 1. The van der Waals surface area contributed by atoms with Gasteiger partial charge in [0.15, 0.2) is 0 Å². The van der Waals surface area contributed by atoms with E-state index in [0.717, 1.165) is 5.92 Å². The van der Waals surface area contributed by atoms with Gasteiger partial charge in [-0.05, 0) is 42.7 Å². The summed E-state index contributed by atoms with van der Waals surface area (Å²) in [6, 6.07) is 12.7. The predicted molar refractivity (Wildman–Crippen MR) is 149 cm³/mol. The highest BCUT2D eigenvalue weighted by atomic mass is 19.1. The number of rotatable bonds is 10. The van der Waals surface area contributed by atoms with Gasteiger partial charge in [-0.15, -0.1) is 0 Å². The topological polar surface area (TPSA) is 133 Å². The van der Waals surface area contributed by atoms with E-state index in [-0.39, 0.29) is 13.1 Å². The van der Waals surface area contributed by atoms with Gasteiger partial charge >= 0.3 is 0 Å². The molecule has 39 heavy (non-hydrogen) atoms. The van der Waals surface area contributed by atoms with E-state index < -0.39 is 47.8 Å². The predicted octanol–water partition coefficient (Wildman–Crippen LogP) is 3.14. The van der Waals surface area contributed by atoms with Crippen molar-refractivity contribution in [3.05, 3.63) is 71.5 Å². The second-order valence-corrected chi connectivity index (χ2v) is 9.23. The first-order chi connectivity index (χ1) is 18.4. The zero-order valence-electron chi connectivity index (χ0n) is 23.6. The minimum atomic E-state index is -0.994. The van der Waals surface area contributed by atoms with Crippen LogP contribution in [0.25, 0.3) is 0 Å². The molecule has 4 N–H and O–H groups in total. The normalized spacial score (nSPS) is 10.5. The Bertz CT molecular complexity index is 1040. The highest BCUT2D eigenvalue weighted by Crippen LogP contribution is 2.02. The van der Waals surface area contributed by atoms with Crippen LogP contribution in [-0.2, 0) is 25.7 Å². The maximum Gasteiger partial charge on any atom is 0.289 e. The maximum atomic E-state index is 12.9. The fourth-order valence-electron chi connectivity index (χ4n) is 2.49. The number of hydrogen-bond donors (Lipinski definition) is 4. The average molecular weight is 545 g/mol. The SMILES string of the molecule is CC(C)C.CC(NC(=O)CNC(=O)c1ccccc1)C(=O)NCC(=O)C(=O)NCc1ccc(F)cc1.CCC. The van der Waals surface area contributed by atoms with Crippen molar-refractivity contribution in [2.24, 2.45) is 5.92 Å². The summed E-state index contributed by atoms with van der Waals surface area (Å²) in [6.45, 7) is 11.3. The van der Waals surface area contributed by atoms with Crippen LogP contribution in [0.5, 0.6) is 0 Å². The van der Waals surface area contributed by atoms with Crippen LogP contribution in [-0.4, -0.2) is 48.5 Å². The summed E-state index contributed by atoms with van der Waals surface area (Å²) in [5.74, 6) is -3.08. The summed E-state index contributed by atoms with van der Waals surface area (Å²) in [6.07, 6.45) is 1.25. The number of nitrogens with one attached hydrogen (secondary N) is 4. The van der Waals surface area contributed by atoms with Crippen LogP contribution in [0, 0.1) is 11.7 Å². The van der Waals surface area contributed by atoms with Crippen molar-refractivity contribution in [2.75, 3.05) is 13.1 Å². The molecule has 0 saturated heterocycles. The molecule has 0 fully saturated rings. The van der Waals surface area contributed by atoms with Crippen molar-refractivity contribution in [1.29, 1.82) is 0 Å². The molecule has 2 rings (SSSR count). The van der Waals surface area contributed by atoms with Gasteiger partial charge in [-0.1, -0.05) is 71.4 Å². The summed E-state index contributed by atoms with van der Waals surface area (Å²) in [5.41, 5.74) is 0.995.